The first-order chi connectivity index (χ1) is 12.8. The highest BCUT2D eigenvalue weighted by molar-refractivity contribution is 6.04. The van der Waals surface area contributed by atoms with Gasteiger partial charge in [0, 0.05) is 5.56 Å². The molecule has 1 aliphatic heterocycles. The Morgan fingerprint density at radius 2 is 1.74 bits per heavy atom. The Morgan fingerprint density at radius 1 is 1.11 bits per heavy atom. The lowest BCUT2D eigenvalue weighted by Gasteiger charge is -2.30. The molecular weight excluding hydrogens is 342 g/mol. The maximum atomic E-state index is 12.3. The zero-order valence-corrected chi connectivity index (χ0v) is 16.2. The van der Waals surface area contributed by atoms with Crippen LogP contribution in [0.15, 0.2) is 54.6 Å². The van der Waals surface area contributed by atoms with Crippen LogP contribution >= 0.6 is 0 Å². The third kappa shape index (κ3) is 5.91. The molecule has 0 radical (unpaired) electrons. The first-order valence-corrected chi connectivity index (χ1v) is 9.23. The molecule has 1 aliphatic rings. The number of benzene rings is 1. The van der Waals surface area contributed by atoms with E-state index in [1.807, 2.05) is 45.0 Å². The van der Waals surface area contributed by atoms with Gasteiger partial charge in [0.1, 0.15) is 6.61 Å². The van der Waals surface area contributed by atoms with Crippen LogP contribution in [0, 0.1) is 5.41 Å². The standard InChI is InChI=1S/C22H27NO4/c1-22(2,3)19-16-27-21(26)23(19)20(25)15-11-6-4-5-10-14-18(24)17-12-8-7-9-13-17/h7-15,19H,4-6,16H2,1-3H3/b14-10+,15-11+/t19-/m1/s1. The minimum absolute atomic E-state index is 0.0120. The quantitative estimate of drug-likeness (QED) is 0.402. The summed E-state index contributed by atoms with van der Waals surface area (Å²) >= 11 is 0. The van der Waals surface area contributed by atoms with Gasteiger partial charge in [0.2, 0.25) is 0 Å². The van der Waals surface area contributed by atoms with Crippen LogP contribution in [0.25, 0.3) is 0 Å². The maximum Gasteiger partial charge on any atom is 0.417 e. The summed E-state index contributed by atoms with van der Waals surface area (Å²) in [7, 11) is 0. The first kappa shape index (κ1) is 20.6. The fraction of sp³-hybridized carbons (Fsp3) is 0.409. The molecule has 0 spiro atoms. The molecule has 1 saturated heterocycles. The zero-order valence-electron chi connectivity index (χ0n) is 16.2. The zero-order chi connectivity index (χ0) is 19.9. The van der Waals surface area contributed by atoms with Crippen molar-refractivity contribution < 1.29 is 19.1 Å². The second kappa shape index (κ2) is 9.31. The van der Waals surface area contributed by atoms with Crippen LogP contribution in [0.5, 0.6) is 0 Å². The molecule has 1 heterocycles. The van der Waals surface area contributed by atoms with Gasteiger partial charge in [-0.15, -0.1) is 0 Å². The summed E-state index contributed by atoms with van der Waals surface area (Å²) in [5, 5.41) is 0. The number of rotatable bonds is 7. The van der Waals surface area contributed by atoms with Gasteiger partial charge in [-0.05, 0) is 36.8 Å². The average Bonchev–Trinajstić information content (AvgIpc) is 3.03. The van der Waals surface area contributed by atoms with E-state index in [-0.39, 0.29) is 29.8 Å². The van der Waals surface area contributed by atoms with Crippen molar-refractivity contribution in [2.24, 2.45) is 5.41 Å². The Morgan fingerprint density at radius 3 is 2.37 bits per heavy atom. The third-order valence-electron chi connectivity index (χ3n) is 4.44. The Kier molecular flexibility index (Phi) is 7.11. The molecule has 1 aromatic rings. The molecule has 0 N–H and O–H groups in total. The first-order valence-electron chi connectivity index (χ1n) is 9.23. The number of allylic oxidation sites excluding steroid dienone is 3. The number of cyclic esters (lactones) is 1. The monoisotopic (exact) mass is 369 g/mol. The topological polar surface area (TPSA) is 63.7 Å². The van der Waals surface area contributed by atoms with E-state index in [0.29, 0.717) is 12.0 Å². The normalized spacial score (nSPS) is 17.7. The number of unbranched alkanes of at least 4 members (excludes halogenated alkanes) is 2. The van der Waals surface area contributed by atoms with Gasteiger partial charge in [0.05, 0.1) is 6.04 Å². The summed E-state index contributed by atoms with van der Waals surface area (Å²) in [5.41, 5.74) is 0.441. The molecule has 2 rings (SSSR count). The molecule has 1 fully saturated rings. The van der Waals surface area contributed by atoms with Crippen molar-refractivity contribution in [2.75, 3.05) is 6.61 Å². The lowest BCUT2D eigenvalue weighted by molar-refractivity contribution is -0.125. The molecule has 27 heavy (non-hydrogen) atoms. The number of imide groups is 1. The van der Waals surface area contributed by atoms with Gasteiger partial charge in [0.25, 0.3) is 5.91 Å². The third-order valence-corrected chi connectivity index (χ3v) is 4.44. The number of hydrogen-bond acceptors (Lipinski definition) is 4. The number of ketones is 1. The van der Waals surface area contributed by atoms with Crippen LogP contribution in [-0.2, 0) is 9.53 Å². The molecule has 0 bridgehead atoms. The van der Waals surface area contributed by atoms with Crippen molar-refractivity contribution in [3.05, 3.63) is 60.2 Å². The highest BCUT2D eigenvalue weighted by Gasteiger charge is 2.43. The van der Waals surface area contributed by atoms with E-state index >= 15 is 0 Å². The Hall–Kier alpha value is -2.69. The predicted molar refractivity (Wildman–Crippen MR) is 104 cm³/mol. The molecule has 144 valence electrons. The van der Waals surface area contributed by atoms with E-state index in [1.165, 1.54) is 11.0 Å². The lowest BCUT2D eigenvalue weighted by atomic mass is 9.86. The van der Waals surface area contributed by atoms with Gasteiger partial charge in [-0.3, -0.25) is 9.59 Å². The molecule has 0 aromatic heterocycles. The number of carbonyl (C=O) groups excluding carboxylic acids is 3. The van der Waals surface area contributed by atoms with Crippen molar-refractivity contribution in [1.82, 2.24) is 4.90 Å². The van der Waals surface area contributed by atoms with E-state index in [4.69, 9.17) is 4.74 Å². The van der Waals surface area contributed by atoms with E-state index in [9.17, 15) is 14.4 Å². The molecular formula is C22H27NO4. The Balaban J connectivity index is 1.75. The van der Waals surface area contributed by atoms with Crippen LogP contribution in [0.1, 0.15) is 50.4 Å². The van der Waals surface area contributed by atoms with Gasteiger partial charge < -0.3 is 4.74 Å². The minimum Gasteiger partial charge on any atom is -0.447 e. The number of nitrogens with zero attached hydrogens (tertiary/aromatic N) is 1. The van der Waals surface area contributed by atoms with Gasteiger partial charge in [0.15, 0.2) is 5.78 Å². The molecule has 1 aromatic carbocycles. The summed E-state index contributed by atoms with van der Waals surface area (Å²) in [4.78, 5) is 37.3. The van der Waals surface area contributed by atoms with E-state index < -0.39 is 6.09 Å². The highest BCUT2D eigenvalue weighted by Crippen LogP contribution is 2.29. The van der Waals surface area contributed by atoms with Crippen molar-refractivity contribution in [3.8, 4) is 0 Å². The molecule has 5 heteroatoms. The number of carbonyl (C=O) groups is 3. The fourth-order valence-corrected chi connectivity index (χ4v) is 2.81. The summed E-state index contributed by atoms with van der Waals surface area (Å²) in [5.74, 6) is -0.352. The van der Waals surface area contributed by atoms with E-state index in [2.05, 4.69) is 0 Å². The smallest absolute Gasteiger partial charge is 0.417 e. The Bertz CT molecular complexity index is 728. The van der Waals surface area contributed by atoms with E-state index in [1.54, 1.807) is 24.3 Å². The molecule has 2 amide bonds. The van der Waals surface area contributed by atoms with Gasteiger partial charge in [-0.1, -0.05) is 63.3 Å². The lowest BCUT2D eigenvalue weighted by Crippen LogP contribution is -2.45. The van der Waals surface area contributed by atoms with Gasteiger partial charge >= 0.3 is 6.09 Å². The summed E-state index contributed by atoms with van der Waals surface area (Å²) in [6.07, 6.45) is 8.30. The molecule has 0 unspecified atom stereocenters. The van der Waals surface area contributed by atoms with Crippen molar-refractivity contribution in [1.29, 1.82) is 0 Å². The molecule has 5 nitrogen and oxygen atoms in total. The van der Waals surface area contributed by atoms with Crippen molar-refractivity contribution in [3.63, 3.8) is 0 Å². The van der Waals surface area contributed by atoms with Gasteiger partial charge in [-0.25, -0.2) is 9.69 Å². The summed E-state index contributed by atoms with van der Waals surface area (Å²) in [6.45, 7) is 6.17. The SMILES string of the molecule is CC(C)(C)[C@H]1COC(=O)N1C(=O)/C=C/CCC/C=C/C(=O)c1ccccc1. The average molecular weight is 369 g/mol. The summed E-state index contributed by atoms with van der Waals surface area (Å²) in [6, 6.07) is 8.87. The number of hydrogen-bond donors (Lipinski definition) is 0. The summed E-state index contributed by atoms with van der Waals surface area (Å²) < 4.78 is 5.04. The predicted octanol–water partition coefficient (Wildman–Crippen LogP) is 4.55. The minimum atomic E-state index is -0.577. The molecule has 1 atom stereocenters. The highest BCUT2D eigenvalue weighted by atomic mass is 16.6. The van der Waals surface area contributed by atoms with Crippen LogP contribution in [0.3, 0.4) is 0 Å². The van der Waals surface area contributed by atoms with Crippen molar-refractivity contribution in [2.45, 2.75) is 46.1 Å². The van der Waals surface area contributed by atoms with Crippen LogP contribution in [0.2, 0.25) is 0 Å². The van der Waals surface area contributed by atoms with Crippen molar-refractivity contribution >= 4 is 17.8 Å². The molecule has 0 aliphatic carbocycles. The maximum absolute atomic E-state index is 12.3. The molecule has 0 saturated carbocycles. The van der Waals surface area contributed by atoms with Crippen LogP contribution < -0.4 is 0 Å². The van der Waals surface area contributed by atoms with E-state index in [0.717, 1.165) is 12.8 Å². The largest absolute Gasteiger partial charge is 0.447 e. The fourth-order valence-electron chi connectivity index (χ4n) is 2.81. The van der Waals surface area contributed by atoms with Crippen LogP contribution in [0.4, 0.5) is 4.79 Å². The van der Waals surface area contributed by atoms with Crippen LogP contribution in [-0.4, -0.2) is 35.3 Å². The Labute approximate surface area is 160 Å². The second-order valence-electron chi connectivity index (χ2n) is 7.63. The number of amides is 2. The number of ether oxygens (including phenoxy) is 1. The second-order valence-corrected chi connectivity index (χ2v) is 7.63. The van der Waals surface area contributed by atoms with Gasteiger partial charge in [-0.2, -0.15) is 0 Å².